The number of carbonyl (C=O) groups excluding carboxylic acids is 1. The van der Waals surface area contributed by atoms with Crippen LogP contribution in [0.5, 0.6) is 5.75 Å². The molecule has 1 aromatic carbocycles. The minimum absolute atomic E-state index is 0.0459. The molecule has 1 aliphatic carbocycles. The Balaban J connectivity index is 1.25. The van der Waals surface area contributed by atoms with Gasteiger partial charge in [0, 0.05) is 12.5 Å². The molecule has 2 aromatic rings. The van der Waals surface area contributed by atoms with Gasteiger partial charge in [0.25, 0.3) is 0 Å². The highest BCUT2D eigenvalue weighted by atomic mass is 16.5. The van der Waals surface area contributed by atoms with Crippen molar-refractivity contribution in [1.82, 2.24) is 25.2 Å². The number of methoxy groups -OCH3 is 1. The summed E-state index contributed by atoms with van der Waals surface area (Å²) in [6.45, 7) is 4.51. The Morgan fingerprint density at radius 2 is 1.84 bits per heavy atom. The number of hydrogen-bond donors (Lipinski definition) is 2. The van der Waals surface area contributed by atoms with Crippen molar-refractivity contribution in [3.05, 3.63) is 41.7 Å². The Bertz CT molecular complexity index is 948. The maximum Gasteiger partial charge on any atom is 0.329 e. The van der Waals surface area contributed by atoms with E-state index in [4.69, 9.17) is 4.74 Å². The molecule has 4 rings (SSSR count). The molecule has 1 aromatic heterocycles. The lowest BCUT2D eigenvalue weighted by atomic mass is 9.91. The summed E-state index contributed by atoms with van der Waals surface area (Å²) in [6, 6.07) is 7.87. The first-order valence-corrected chi connectivity index (χ1v) is 11.2. The van der Waals surface area contributed by atoms with E-state index in [1.807, 2.05) is 35.1 Å². The van der Waals surface area contributed by atoms with Gasteiger partial charge in [0.1, 0.15) is 11.3 Å². The fourth-order valence-corrected chi connectivity index (χ4v) is 4.34. The Kier molecular flexibility index (Phi) is 6.45. The van der Waals surface area contributed by atoms with Crippen LogP contribution in [0.15, 0.2) is 30.5 Å². The number of benzene rings is 1. The third-order valence-corrected chi connectivity index (χ3v) is 6.65. The molecule has 1 atom stereocenters. The number of piperidine rings is 1. The van der Waals surface area contributed by atoms with Gasteiger partial charge in [-0.05, 0) is 69.3 Å². The summed E-state index contributed by atoms with van der Waals surface area (Å²) in [7, 11) is 1.65. The van der Waals surface area contributed by atoms with Crippen molar-refractivity contribution < 1.29 is 19.4 Å². The molecule has 2 heterocycles. The van der Waals surface area contributed by atoms with E-state index in [-0.39, 0.29) is 17.7 Å². The molecule has 2 fully saturated rings. The van der Waals surface area contributed by atoms with Crippen molar-refractivity contribution in [2.24, 2.45) is 11.8 Å². The van der Waals surface area contributed by atoms with Crippen molar-refractivity contribution >= 4 is 11.9 Å². The summed E-state index contributed by atoms with van der Waals surface area (Å²) < 4.78 is 7.01. The highest BCUT2D eigenvalue weighted by Gasteiger charge is 2.49. The van der Waals surface area contributed by atoms with Crippen molar-refractivity contribution in [3.8, 4) is 5.75 Å². The summed E-state index contributed by atoms with van der Waals surface area (Å²) in [4.78, 5) is 26.7. The van der Waals surface area contributed by atoms with Gasteiger partial charge in [-0.25, -0.2) is 9.48 Å². The first-order chi connectivity index (χ1) is 15.4. The van der Waals surface area contributed by atoms with Crippen LogP contribution in [-0.4, -0.2) is 62.6 Å². The lowest BCUT2D eigenvalue weighted by Gasteiger charge is -2.33. The minimum atomic E-state index is -1.14. The Hall–Kier alpha value is -2.94. The zero-order valence-corrected chi connectivity index (χ0v) is 18.7. The third-order valence-electron chi connectivity index (χ3n) is 6.65. The Labute approximate surface area is 187 Å². The van der Waals surface area contributed by atoms with Gasteiger partial charge in [-0.2, -0.15) is 0 Å². The van der Waals surface area contributed by atoms with Crippen molar-refractivity contribution in [3.63, 3.8) is 0 Å². The predicted molar refractivity (Wildman–Crippen MR) is 117 cm³/mol. The molecular formula is C23H31N5O4. The van der Waals surface area contributed by atoms with Crippen LogP contribution in [0, 0.1) is 11.8 Å². The van der Waals surface area contributed by atoms with Gasteiger partial charge in [0.2, 0.25) is 5.91 Å². The number of amides is 1. The lowest BCUT2D eigenvalue weighted by Crippen LogP contribution is -2.56. The zero-order chi connectivity index (χ0) is 22.7. The van der Waals surface area contributed by atoms with E-state index < -0.39 is 11.5 Å². The van der Waals surface area contributed by atoms with E-state index in [0.29, 0.717) is 25.9 Å². The Morgan fingerprint density at radius 3 is 2.44 bits per heavy atom. The summed E-state index contributed by atoms with van der Waals surface area (Å²) in [5.41, 5.74) is 0.874. The van der Waals surface area contributed by atoms with Crippen LogP contribution in [0.25, 0.3) is 0 Å². The van der Waals surface area contributed by atoms with Crippen LogP contribution in [0.1, 0.15) is 43.9 Å². The van der Waals surface area contributed by atoms with Crippen LogP contribution < -0.4 is 10.1 Å². The molecule has 0 radical (unpaired) electrons. The molecule has 1 saturated carbocycles. The SMILES string of the molecule is COc1ccc(Cn2cc(CN3CCC(C(=O)NC(C)(C(=O)O)C4CC4)CC3)nn2)cc1. The predicted octanol–water partition coefficient (Wildman–Crippen LogP) is 1.92. The molecule has 1 unspecified atom stereocenters. The monoisotopic (exact) mass is 441 g/mol. The second-order valence-corrected chi connectivity index (χ2v) is 9.08. The number of aliphatic carboxylic acids is 1. The molecule has 1 aliphatic heterocycles. The van der Waals surface area contributed by atoms with Gasteiger partial charge in [-0.3, -0.25) is 9.69 Å². The summed E-state index contributed by atoms with van der Waals surface area (Å²) in [5.74, 6) is -0.348. The van der Waals surface area contributed by atoms with E-state index in [2.05, 4.69) is 20.5 Å². The fourth-order valence-electron chi connectivity index (χ4n) is 4.34. The van der Waals surface area contributed by atoms with Crippen LogP contribution >= 0.6 is 0 Å². The number of carboxylic acids is 1. The molecule has 1 amide bonds. The number of hydrogen-bond acceptors (Lipinski definition) is 6. The highest BCUT2D eigenvalue weighted by molar-refractivity contribution is 5.88. The number of aromatic nitrogens is 3. The van der Waals surface area contributed by atoms with Crippen LogP contribution in [-0.2, 0) is 22.7 Å². The number of carbonyl (C=O) groups is 2. The number of carboxylic acid groups (broad SMARTS) is 1. The second-order valence-electron chi connectivity index (χ2n) is 9.08. The van der Waals surface area contributed by atoms with Crippen molar-refractivity contribution in [2.75, 3.05) is 20.2 Å². The number of rotatable bonds is 9. The molecule has 9 nitrogen and oxygen atoms in total. The normalized spacial score (nSPS) is 19.3. The molecule has 2 N–H and O–H groups in total. The highest BCUT2D eigenvalue weighted by Crippen LogP contribution is 2.40. The fraction of sp³-hybridized carbons (Fsp3) is 0.565. The average molecular weight is 442 g/mol. The van der Waals surface area contributed by atoms with E-state index in [9.17, 15) is 14.7 Å². The van der Waals surface area contributed by atoms with Gasteiger partial charge in [-0.1, -0.05) is 17.3 Å². The number of nitrogens with one attached hydrogen (secondary N) is 1. The number of nitrogens with zero attached hydrogens (tertiary/aromatic N) is 4. The van der Waals surface area contributed by atoms with Gasteiger partial charge >= 0.3 is 5.97 Å². The van der Waals surface area contributed by atoms with Crippen molar-refractivity contribution in [2.45, 2.75) is 51.2 Å². The zero-order valence-electron chi connectivity index (χ0n) is 18.7. The van der Waals surface area contributed by atoms with Crippen LogP contribution in [0.3, 0.4) is 0 Å². The first kappa shape index (κ1) is 22.3. The standard InChI is InChI=1S/C23H31N5O4/c1-23(22(30)31,18-5-6-18)24-21(29)17-9-11-27(12-10-17)14-19-15-28(26-25-19)13-16-3-7-20(32-2)8-4-16/h3-4,7-8,15,17-18H,5-6,9-14H2,1-2H3,(H,24,29)(H,30,31). The van der Waals surface area contributed by atoms with Crippen LogP contribution in [0.4, 0.5) is 0 Å². The van der Waals surface area contributed by atoms with E-state index in [1.54, 1.807) is 14.0 Å². The summed E-state index contributed by atoms with van der Waals surface area (Å²) >= 11 is 0. The first-order valence-electron chi connectivity index (χ1n) is 11.2. The number of ether oxygens (including phenoxy) is 1. The minimum Gasteiger partial charge on any atom is -0.497 e. The maximum absolute atomic E-state index is 12.7. The molecule has 1 saturated heterocycles. The molecule has 0 bridgehead atoms. The summed E-state index contributed by atoms with van der Waals surface area (Å²) in [5, 5.41) is 20.9. The molecule has 0 spiro atoms. The smallest absolute Gasteiger partial charge is 0.329 e. The van der Waals surface area contributed by atoms with E-state index in [1.165, 1.54) is 0 Å². The molecule has 32 heavy (non-hydrogen) atoms. The number of likely N-dealkylation sites (tertiary alicyclic amines) is 1. The molecule has 2 aliphatic rings. The quantitative estimate of drug-likeness (QED) is 0.612. The maximum atomic E-state index is 12.7. The lowest BCUT2D eigenvalue weighted by molar-refractivity contribution is -0.148. The van der Waals surface area contributed by atoms with Gasteiger partial charge in [0.05, 0.1) is 25.5 Å². The van der Waals surface area contributed by atoms with Crippen molar-refractivity contribution in [1.29, 1.82) is 0 Å². The van der Waals surface area contributed by atoms with Crippen LogP contribution in [0.2, 0.25) is 0 Å². The van der Waals surface area contributed by atoms with Gasteiger partial charge < -0.3 is 15.2 Å². The Morgan fingerprint density at radius 1 is 1.16 bits per heavy atom. The molecule has 172 valence electrons. The van der Waals surface area contributed by atoms with E-state index >= 15 is 0 Å². The second kappa shape index (κ2) is 9.28. The largest absolute Gasteiger partial charge is 0.497 e. The third kappa shape index (κ3) is 5.09. The average Bonchev–Trinajstić information content (AvgIpc) is 3.56. The summed E-state index contributed by atoms with van der Waals surface area (Å²) in [6.07, 6.45) is 5.11. The molecular weight excluding hydrogens is 410 g/mol. The topological polar surface area (TPSA) is 110 Å². The van der Waals surface area contributed by atoms with E-state index in [0.717, 1.165) is 42.9 Å². The van der Waals surface area contributed by atoms with Gasteiger partial charge in [0.15, 0.2) is 0 Å². The molecule has 9 heteroatoms. The van der Waals surface area contributed by atoms with Gasteiger partial charge in [-0.15, -0.1) is 5.10 Å².